The average molecular weight is 416 g/mol. The summed E-state index contributed by atoms with van der Waals surface area (Å²) < 4.78 is 10.3. The van der Waals surface area contributed by atoms with E-state index in [1.807, 2.05) is 37.3 Å². The zero-order valence-corrected chi connectivity index (χ0v) is 17.0. The Balaban J connectivity index is 1.43. The number of carbonyl (C=O) groups excluding carboxylic acids is 2. The van der Waals surface area contributed by atoms with Crippen molar-refractivity contribution in [3.05, 3.63) is 71.9 Å². The minimum Gasteiger partial charge on any atom is -0.497 e. The highest BCUT2D eigenvalue weighted by molar-refractivity contribution is 5.97. The Hall–Kier alpha value is -4.20. The molecule has 0 aliphatic carbocycles. The summed E-state index contributed by atoms with van der Waals surface area (Å²) in [5, 5.41) is 2.62. The van der Waals surface area contributed by atoms with Crippen LogP contribution in [0.2, 0.25) is 0 Å². The molecule has 0 atom stereocenters. The zero-order chi connectivity index (χ0) is 21.8. The van der Waals surface area contributed by atoms with Crippen molar-refractivity contribution < 1.29 is 19.1 Å². The van der Waals surface area contributed by atoms with Crippen LogP contribution in [0.25, 0.3) is 22.4 Å². The molecule has 0 fully saturated rings. The van der Waals surface area contributed by atoms with Crippen LogP contribution < -0.4 is 10.1 Å². The maximum absolute atomic E-state index is 12.4. The number of methoxy groups -OCH3 is 1. The number of H-pyrrole nitrogens is 1. The fourth-order valence-corrected chi connectivity index (χ4v) is 3.02. The molecule has 2 N–H and O–H groups in total. The van der Waals surface area contributed by atoms with Crippen LogP contribution in [0.3, 0.4) is 0 Å². The maximum Gasteiger partial charge on any atom is 0.338 e. The van der Waals surface area contributed by atoms with E-state index in [0.717, 1.165) is 16.9 Å². The normalized spacial score (nSPS) is 10.6. The number of hydrogen-bond donors (Lipinski definition) is 2. The van der Waals surface area contributed by atoms with Crippen molar-refractivity contribution in [1.82, 2.24) is 15.0 Å². The van der Waals surface area contributed by atoms with E-state index in [9.17, 15) is 9.59 Å². The van der Waals surface area contributed by atoms with Crippen molar-refractivity contribution in [2.75, 3.05) is 19.0 Å². The second-order valence-corrected chi connectivity index (χ2v) is 6.84. The lowest BCUT2D eigenvalue weighted by Gasteiger charge is -2.07. The minimum atomic E-state index is -0.601. The van der Waals surface area contributed by atoms with Gasteiger partial charge < -0.3 is 19.8 Å². The summed E-state index contributed by atoms with van der Waals surface area (Å²) in [5.41, 5.74) is 3.43. The van der Waals surface area contributed by atoms with Gasteiger partial charge in [0.1, 0.15) is 17.4 Å². The predicted molar refractivity (Wildman–Crippen MR) is 116 cm³/mol. The number of nitrogens with zero attached hydrogens (tertiary/aromatic N) is 2. The fourth-order valence-electron chi connectivity index (χ4n) is 3.02. The Kier molecular flexibility index (Phi) is 5.61. The molecule has 156 valence electrons. The van der Waals surface area contributed by atoms with Gasteiger partial charge >= 0.3 is 5.97 Å². The number of imidazole rings is 1. The highest BCUT2D eigenvalue weighted by atomic mass is 16.5. The van der Waals surface area contributed by atoms with Gasteiger partial charge in [0.25, 0.3) is 5.91 Å². The first-order chi connectivity index (χ1) is 15.0. The van der Waals surface area contributed by atoms with Gasteiger partial charge in [0.05, 0.1) is 23.7 Å². The van der Waals surface area contributed by atoms with Gasteiger partial charge in [0.2, 0.25) is 0 Å². The molecular weight excluding hydrogens is 396 g/mol. The number of aromatic nitrogens is 3. The van der Waals surface area contributed by atoms with Crippen molar-refractivity contribution in [3.8, 4) is 17.1 Å². The molecular formula is C23H20N4O4. The summed E-state index contributed by atoms with van der Waals surface area (Å²) in [7, 11) is 1.61. The number of benzene rings is 2. The summed E-state index contributed by atoms with van der Waals surface area (Å²) in [6, 6.07) is 16.1. The molecule has 0 unspecified atom stereocenters. The molecule has 4 aromatic rings. The van der Waals surface area contributed by atoms with Gasteiger partial charge in [-0.15, -0.1) is 0 Å². The van der Waals surface area contributed by atoms with E-state index in [0.29, 0.717) is 28.2 Å². The molecule has 8 nitrogen and oxygen atoms in total. The van der Waals surface area contributed by atoms with Gasteiger partial charge in [-0.1, -0.05) is 6.07 Å². The van der Waals surface area contributed by atoms with Gasteiger partial charge in [-0.05, 0) is 61.0 Å². The van der Waals surface area contributed by atoms with Crippen molar-refractivity contribution in [3.63, 3.8) is 0 Å². The Bertz CT molecular complexity index is 1250. The SMILES string of the molecule is COc1ccc(-c2nc3ccc(C(=O)OCC(=O)Nc4ncccc4C)cc3[nH]2)cc1. The summed E-state index contributed by atoms with van der Waals surface area (Å²) >= 11 is 0. The highest BCUT2D eigenvalue weighted by Crippen LogP contribution is 2.23. The molecule has 0 saturated heterocycles. The molecule has 0 bridgehead atoms. The third-order valence-electron chi connectivity index (χ3n) is 4.68. The van der Waals surface area contributed by atoms with Crippen molar-refractivity contribution >= 4 is 28.7 Å². The standard InChI is InChI=1S/C23H20N4O4/c1-14-4-3-11-24-21(14)27-20(28)13-31-23(29)16-7-10-18-19(12-16)26-22(25-18)15-5-8-17(30-2)9-6-15/h3-12H,13H2,1-2H3,(H,25,26)(H,24,27,28). The van der Waals surface area contributed by atoms with Crippen LogP contribution in [-0.4, -0.2) is 40.5 Å². The van der Waals surface area contributed by atoms with E-state index in [1.54, 1.807) is 37.6 Å². The number of esters is 1. The zero-order valence-electron chi connectivity index (χ0n) is 17.0. The van der Waals surface area contributed by atoms with Crippen LogP contribution >= 0.6 is 0 Å². The largest absolute Gasteiger partial charge is 0.497 e. The summed E-state index contributed by atoms with van der Waals surface area (Å²) in [5.74, 6) is 0.809. The Morgan fingerprint density at radius 2 is 1.90 bits per heavy atom. The highest BCUT2D eigenvalue weighted by Gasteiger charge is 2.14. The molecule has 1 amide bonds. The Morgan fingerprint density at radius 1 is 1.10 bits per heavy atom. The molecule has 2 aromatic carbocycles. The number of ether oxygens (including phenoxy) is 2. The molecule has 0 spiro atoms. The minimum absolute atomic E-state index is 0.319. The lowest BCUT2D eigenvalue weighted by molar-refractivity contribution is -0.119. The van der Waals surface area contributed by atoms with Crippen LogP contribution in [-0.2, 0) is 9.53 Å². The number of rotatable bonds is 6. The summed E-state index contributed by atoms with van der Waals surface area (Å²) in [6.07, 6.45) is 1.58. The number of nitrogens with one attached hydrogen (secondary N) is 2. The van der Waals surface area contributed by atoms with Gasteiger partial charge in [0.15, 0.2) is 6.61 Å². The molecule has 0 radical (unpaired) electrons. The molecule has 0 saturated carbocycles. The van der Waals surface area contributed by atoms with Gasteiger partial charge in [-0.3, -0.25) is 4.79 Å². The maximum atomic E-state index is 12.4. The van der Waals surface area contributed by atoms with Gasteiger partial charge in [-0.2, -0.15) is 0 Å². The Morgan fingerprint density at radius 3 is 2.65 bits per heavy atom. The smallest absolute Gasteiger partial charge is 0.338 e. The van der Waals surface area contributed by atoms with Crippen LogP contribution in [0.15, 0.2) is 60.8 Å². The summed E-state index contributed by atoms with van der Waals surface area (Å²) in [4.78, 5) is 36.3. The van der Waals surface area contributed by atoms with E-state index >= 15 is 0 Å². The van der Waals surface area contributed by atoms with E-state index < -0.39 is 18.5 Å². The first-order valence-electron chi connectivity index (χ1n) is 9.56. The topological polar surface area (TPSA) is 106 Å². The molecule has 8 heteroatoms. The second-order valence-electron chi connectivity index (χ2n) is 6.84. The third kappa shape index (κ3) is 4.53. The molecule has 0 aliphatic rings. The van der Waals surface area contributed by atoms with Gasteiger partial charge in [0, 0.05) is 11.8 Å². The quantitative estimate of drug-likeness (QED) is 0.464. The number of fused-ring (bicyclic) bond motifs is 1. The van der Waals surface area contributed by atoms with E-state index in [2.05, 4.69) is 20.3 Å². The van der Waals surface area contributed by atoms with Crippen LogP contribution in [0, 0.1) is 6.92 Å². The lowest BCUT2D eigenvalue weighted by atomic mass is 10.2. The molecule has 31 heavy (non-hydrogen) atoms. The number of aromatic amines is 1. The predicted octanol–water partition coefficient (Wildman–Crippen LogP) is 3.74. The van der Waals surface area contributed by atoms with Crippen LogP contribution in [0.1, 0.15) is 15.9 Å². The second kappa shape index (κ2) is 8.66. The van der Waals surface area contributed by atoms with Crippen LogP contribution in [0.5, 0.6) is 5.75 Å². The van der Waals surface area contributed by atoms with Crippen molar-refractivity contribution in [2.45, 2.75) is 6.92 Å². The monoisotopic (exact) mass is 416 g/mol. The van der Waals surface area contributed by atoms with Gasteiger partial charge in [-0.25, -0.2) is 14.8 Å². The number of amides is 1. The fraction of sp³-hybridized carbons (Fsp3) is 0.130. The van der Waals surface area contributed by atoms with E-state index in [1.165, 1.54) is 0 Å². The third-order valence-corrected chi connectivity index (χ3v) is 4.68. The molecule has 0 aliphatic heterocycles. The first kappa shape index (κ1) is 20.1. The first-order valence-corrected chi connectivity index (χ1v) is 9.56. The van der Waals surface area contributed by atoms with E-state index in [-0.39, 0.29) is 0 Å². The molecule has 4 rings (SSSR count). The van der Waals surface area contributed by atoms with Crippen molar-refractivity contribution in [2.24, 2.45) is 0 Å². The number of anilines is 1. The summed E-state index contributed by atoms with van der Waals surface area (Å²) in [6.45, 7) is 1.42. The average Bonchev–Trinajstić information content (AvgIpc) is 3.22. The number of carbonyl (C=O) groups is 2. The van der Waals surface area contributed by atoms with Crippen molar-refractivity contribution in [1.29, 1.82) is 0 Å². The Labute approximate surface area is 178 Å². The lowest BCUT2D eigenvalue weighted by Crippen LogP contribution is -2.21. The van der Waals surface area contributed by atoms with E-state index in [4.69, 9.17) is 9.47 Å². The molecule has 2 aromatic heterocycles. The molecule has 2 heterocycles. The number of hydrogen-bond acceptors (Lipinski definition) is 6. The number of pyridine rings is 1. The van der Waals surface area contributed by atoms with Crippen LogP contribution in [0.4, 0.5) is 5.82 Å². The number of aryl methyl sites for hydroxylation is 1.